The second-order valence-electron chi connectivity index (χ2n) is 6.60. The average Bonchev–Trinajstić information content (AvgIpc) is 3.30. The second kappa shape index (κ2) is 7.80. The molecule has 7 nitrogen and oxygen atoms in total. The Kier molecular flexibility index (Phi) is 5.78. The van der Waals surface area contributed by atoms with Gasteiger partial charge in [0, 0.05) is 14.2 Å². The van der Waals surface area contributed by atoms with E-state index in [1.807, 2.05) is 0 Å². The first kappa shape index (κ1) is 20.7. The zero-order valence-corrected chi connectivity index (χ0v) is 16.1. The summed E-state index contributed by atoms with van der Waals surface area (Å²) < 4.78 is 78.0. The highest BCUT2D eigenvalue weighted by Crippen LogP contribution is 2.39. The van der Waals surface area contributed by atoms with Crippen molar-refractivity contribution >= 4 is 9.84 Å². The predicted octanol–water partition coefficient (Wildman–Crippen LogP) is 2.77. The Morgan fingerprint density at radius 1 is 1.25 bits per heavy atom. The minimum atomic E-state index is -4.84. The van der Waals surface area contributed by atoms with Crippen molar-refractivity contribution in [1.29, 1.82) is 0 Å². The number of ether oxygens (including phenoxy) is 2. The summed E-state index contributed by atoms with van der Waals surface area (Å²) in [5, 5.41) is 6.67. The molecular weight excluding hydrogens is 399 g/mol. The quantitative estimate of drug-likeness (QED) is 0.716. The van der Waals surface area contributed by atoms with Crippen LogP contribution in [0.5, 0.6) is 0 Å². The van der Waals surface area contributed by atoms with Gasteiger partial charge < -0.3 is 9.47 Å². The maximum atomic E-state index is 13.7. The van der Waals surface area contributed by atoms with E-state index in [1.54, 1.807) is 0 Å². The highest BCUT2D eigenvalue weighted by molar-refractivity contribution is 7.92. The smallest absolute Gasteiger partial charge is 0.381 e. The molecule has 1 aromatic heterocycles. The lowest BCUT2D eigenvalue weighted by molar-refractivity contribution is -0.139. The number of sulfone groups is 1. The lowest BCUT2D eigenvalue weighted by Crippen LogP contribution is -2.23. The van der Waals surface area contributed by atoms with Crippen molar-refractivity contribution in [3.05, 3.63) is 35.7 Å². The Morgan fingerprint density at radius 3 is 2.61 bits per heavy atom. The molecule has 1 fully saturated rings. The summed E-state index contributed by atoms with van der Waals surface area (Å²) in [6.45, 7) is 0.154. The highest BCUT2D eigenvalue weighted by atomic mass is 32.2. The fourth-order valence-corrected chi connectivity index (χ4v) is 5.36. The number of benzene rings is 1. The molecule has 1 aliphatic carbocycles. The van der Waals surface area contributed by atoms with E-state index in [0.717, 1.165) is 16.8 Å². The second-order valence-corrected chi connectivity index (χ2v) is 8.80. The standard InChI is InChI=1S/C17H20F3N3O4S/c1-26-10-11-9-23(22-21-11)12-3-6-16(15(7-12)17(18,19)20)28(24,25)14-5-4-13(8-14)27-2/h3,6-7,9,13-14H,4-5,8,10H2,1-2H3/t13-,14-/m0/s1. The minimum absolute atomic E-state index is 0.0577. The van der Waals surface area contributed by atoms with Crippen LogP contribution in [0.2, 0.25) is 0 Å². The normalized spacial score (nSPS) is 20.6. The molecule has 1 aromatic carbocycles. The van der Waals surface area contributed by atoms with Crippen LogP contribution in [0.25, 0.3) is 5.69 Å². The van der Waals surface area contributed by atoms with E-state index in [-0.39, 0.29) is 31.2 Å². The van der Waals surface area contributed by atoms with E-state index in [1.165, 1.54) is 26.5 Å². The molecule has 1 heterocycles. The van der Waals surface area contributed by atoms with Gasteiger partial charge in [0.15, 0.2) is 9.84 Å². The number of hydrogen-bond acceptors (Lipinski definition) is 6. The predicted molar refractivity (Wildman–Crippen MR) is 92.7 cm³/mol. The van der Waals surface area contributed by atoms with E-state index in [9.17, 15) is 21.6 Å². The summed E-state index contributed by atoms with van der Waals surface area (Å²) in [5.41, 5.74) is -0.721. The molecule has 0 N–H and O–H groups in total. The molecule has 0 bridgehead atoms. The Hall–Kier alpha value is -1.98. The van der Waals surface area contributed by atoms with Gasteiger partial charge in [-0.05, 0) is 37.5 Å². The van der Waals surface area contributed by atoms with E-state index in [2.05, 4.69) is 10.3 Å². The van der Waals surface area contributed by atoms with Crippen molar-refractivity contribution in [3.8, 4) is 5.69 Å². The third-order valence-electron chi connectivity index (χ3n) is 4.78. The zero-order chi connectivity index (χ0) is 20.5. The van der Waals surface area contributed by atoms with Crippen LogP contribution in [0.15, 0.2) is 29.3 Å². The molecule has 2 atom stereocenters. The molecule has 154 valence electrons. The molecule has 0 aliphatic heterocycles. The van der Waals surface area contributed by atoms with Crippen molar-refractivity contribution in [3.63, 3.8) is 0 Å². The Balaban J connectivity index is 2.02. The molecule has 0 spiro atoms. The van der Waals surface area contributed by atoms with Gasteiger partial charge >= 0.3 is 6.18 Å². The number of nitrogens with zero attached hydrogens (tertiary/aromatic N) is 3. The molecule has 0 amide bonds. The van der Waals surface area contributed by atoms with Gasteiger partial charge in [0.2, 0.25) is 0 Å². The van der Waals surface area contributed by atoms with Crippen molar-refractivity contribution < 1.29 is 31.1 Å². The topological polar surface area (TPSA) is 83.3 Å². The summed E-state index contributed by atoms with van der Waals surface area (Å²) in [5.74, 6) is 0. The van der Waals surface area contributed by atoms with Crippen LogP contribution in [0, 0.1) is 0 Å². The fraction of sp³-hybridized carbons (Fsp3) is 0.529. The van der Waals surface area contributed by atoms with Gasteiger partial charge in [-0.3, -0.25) is 0 Å². The molecule has 0 radical (unpaired) electrons. The van der Waals surface area contributed by atoms with E-state index in [4.69, 9.17) is 9.47 Å². The first-order chi connectivity index (χ1) is 13.2. The number of aromatic nitrogens is 3. The van der Waals surface area contributed by atoms with Crippen molar-refractivity contribution in [2.75, 3.05) is 14.2 Å². The van der Waals surface area contributed by atoms with Crippen LogP contribution in [-0.2, 0) is 32.1 Å². The summed E-state index contributed by atoms with van der Waals surface area (Å²) in [6, 6.07) is 3.06. The molecule has 0 unspecified atom stereocenters. The minimum Gasteiger partial charge on any atom is -0.381 e. The Bertz CT molecular complexity index is 943. The summed E-state index contributed by atoms with van der Waals surface area (Å²) in [4.78, 5) is -0.720. The lowest BCUT2D eigenvalue weighted by Gasteiger charge is -2.18. The van der Waals surface area contributed by atoms with Crippen LogP contribution >= 0.6 is 0 Å². The van der Waals surface area contributed by atoms with Crippen LogP contribution < -0.4 is 0 Å². The summed E-state index contributed by atoms with van der Waals surface area (Å²) in [7, 11) is -1.24. The monoisotopic (exact) mass is 419 g/mol. The van der Waals surface area contributed by atoms with E-state index in [0.29, 0.717) is 12.1 Å². The molecular formula is C17H20F3N3O4S. The Morgan fingerprint density at radius 2 is 2.00 bits per heavy atom. The number of hydrogen-bond donors (Lipinski definition) is 0. The SMILES string of the molecule is COCc1cn(-c2ccc(S(=O)(=O)[C@H]3CC[C@H](OC)C3)c(C(F)(F)F)c2)nn1. The van der Waals surface area contributed by atoms with Crippen LogP contribution in [0.4, 0.5) is 13.2 Å². The fourth-order valence-electron chi connectivity index (χ4n) is 3.34. The first-order valence-corrected chi connectivity index (χ1v) is 10.1. The molecule has 3 rings (SSSR count). The van der Waals surface area contributed by atoms with Gasteiger partial charge in [-0.2, -0.15) is 13.2 Å². The number of rotatable bonds is 6. The van der Waals surface area contributed by atoms with Gasteiger partial charge in [-0.15, -0.1) is 5.10 Å². The zero-order valence-electron chi connectivity index (χ0n) is 15.3. The van der Waals surface area contributed by atoms with Crippen molar-refractivity contribution in [2.45, 2.75) is 48.3 Å². The highest BCUT2D eigenvalue weighted by Gasteiger charge is 2.42. The molecule has 1 aliphatic rings. The molecule has 28 heavy (non-hydrogen) atoms. The van der Waals surface area contributed by atoms with E-state index < -0.39 is 31.7 Å². The third kappa shape index (κ3) is 4.06. The van der Waals surface area contributed by atoms with Crippen molar-refractivity contribution in [2.24, 2.45) is 0 Å². The van der Waals surface area contributed by atoms with Crippen LogP contribution in [-0.4, -0.2) is 49.0 Å². The maximum absolute atomic E-state index is 13.7. The van der Waals surface area contributed by atoms with Gasteiger partial charge in [0.05, 0.1) is 40.3 Å². The van der Waals surface area contributed by atoms with Crippen LogP contribution in [0.3, 0.4) is 0 Å². The lowest BCUT2D eigenvalue weighted by atomic mass is 10.2. The molecule has 11 heteroatoms. The summed E-state index contributed by atoms with van der Waals surface area (Å²) >= 11 is 0. The maximum Gasteiger partial charge on any atom is 0.417 e. The summed E-state index contributed by atoms with van der Waals surface area (Å²) in [6.07, 6.45) is -2.73. The molecule has 1 saturated carbocycles. The van der Waals surface area contributed by atoms with Gasteiger partial charge in [0.1, 0.15) is 5.69 Å². The molecule has 2 aromatic rings. The van der Waals surface area contributed by atoms with Gasteiger partial charge in [-0.1, -0.05) is 5.21 Å². The first-order valence-electron chi connectivity index (χ1n) is 8.55. The average molecular weight is 419 g/mol. The Labute approximate surface area is 160 Å². The third-order valence-corrected chi connectivity index (χ3v) is 7.06. The largest absolute Gasteiger partial charge is 0.417 e. The molecule has 0 saturated heterocycles. The van der Waals surface area contributed by atoms with Gasteiger partial charge in [-0.25, -0.2) is 13.1 Å². The van der Waals surface area contributed by atoms with Crippen LogP contribution in [0.1, 0.15) is 30.5 Å². The number of methoxy groups -OCH3 is 2. The number of halogens is 3. The van der Waals surface area contributed by atoms with Gasteiger partial charge in [0.25, 0.3) is 0 Å². The van der Waals surface area contributed by atoms with E-state index >= 15 is 0 Å². The van der Waals surface area contributed by atoms with Crippen molar-refractivity contribution in [1.82, 2.24) is 15.0 Å². The number of alkyl halides is 3.